The number of pyridine rings is 1. The molecule has 1 unspecified atom stereocenters. The summed E-state index contributed by atoms with van der Waals surface area (Å²) in [5.41, 5.74) is 2.10. The van der Waals surface area contributed by atoms with Crippen LogP contribution in [0.5, 0.6) is 0 Å². The Labute approximate surface area is 181 Å². The minimum Gasteiger partial charge on any atom is -0.450 e. The Hall–Kier alpha value is -3.33. The number of carbonyl (C=O) groups excluding carboxylic acids is 1. The molecule has 0 spiro atoms. The first-order chi connectivity index (χ1) is 14.8. The van der Waals surface area contributed by atoms with Gasteiger partial charge in [-0.05, 0) is 51.1 Å². The van der Waals surface area contributed by atoms with E-state index in [0.717, 1.165) is 16.0 Å². The third-order valence-electron chi connectivity index (χ3n) is 4.72. The average Bonchev–Trinajstić information content (AvgIpc) is 3.28. The molecule has 0 fully saturated rings. The van der Waals surface area contributed by atoms with Gasteiger partial charge in [0.2, 0.25) is 0 Å². The topological polar surface area (TPSA) is 74.8 Å². The first-order valence-electron chi connectivity index (χ1n) is 9.42. The SMILES string of the molecule is Cc1cc(C)n(-c2ccc(Cl)c(C(=O)OC(C)c3nc4ccccc4n3C(F)F)n2)n1. The van der Waals surface area contributed by atoms with Crippen LogP contribution in [0.2, 0.25) is 5.02 Å². The molecule has 0 aliphatic heterocycles. The predicted octanol–water partition coefficient (Wildman–Crippen LogP) is 5.20. The van der Waals surface area contributed by atoms with Crippen molar-refractivity contribution in [1.29, 1.82) is 0 Å². The van der Waals surface area contributed by atoms with Crippen molar-refractivity contribution >= 4 is 28.6 Å². The normalized spacial score (nSPS) is 12.5. The number of benzene rings is 1. The summed E-state index contributed by atoms with van der Waals surface area (Å²) in [5.74, 6) is -0.543. The van der Waals surface area contributed by atoms with Crippen molar-refractivity contribution in [2.75, 3.05) is 0 Å². The minimum atomic E-state index is -2.85. The van der Waals surface area contributed by atoms with Crippen molar-refractivity contribution in [3.8, 4) is 5.82 Å². The van der Waals surface area contributed by atoms with Crippen LogP contribution in [0.15, 0.2) is 42.5 Å². The molecule has 1 aromatic carbocycles. The molecule has 0 amide bonds. The fourth-order valence-corrected chi connectivity index (χ4v) is 3.56. The molecular weight excluding hydrogens is 428 g/mol. The van der Waals surface area contributed by atoms with Gasteiger partial charge in [-0.2, -0.15) is 13.9 Å². The van der Waals surface area contributed by atoms with Crippen molar-refractivity contribution in [2.45, 2.75) is 33.4 Å². The van der Waals surface area contributed by atoms with Crippen molar-refractivity contribution < 1.29 is 18.3 Å². The highest BCUT2D eigenvalue weighted by molar-refractivity contribution is 6.33. The van der Waals surface area contributed by atoms with Crippen molar-refractivity contribution in [3.05, 3.63) is 70.4 Å². The first-order valence-corrected chi connectivity index (χ1v) is 9.80. The van der Waals surface area contributed by atoms with Crippen LogP contribution < -0.4 is 0 Å². The lowest BCUT2D eigenvalue weighted by molar-refractivity contribution is 0.0227. The number of alkyl halides is 2. The highest BCUT2D eigenvalue weighted by atomic mass is 35.5. The maximum atomic E-state index is 13.7. The number of aromatic nitrogens is 5. The van der Waals surface area contributed by atoms with Gasteiger partial charge in [-0.15, -0.1) is 0 Å². The zero-order chi connectivity index (χ0) is 22.3. The fraction of sp³-hybridized carbons (Fsp3) is 0.238. The summed E-state index contributed by atoms with van der Waals surface area (Å²) >= 11 is 6.17. The van der Waals surface area contributed by atoms with Gasteiger partial charge in [-0.3, -0.25) is 4.57 Å². The van der Waals surface area contributed by atoms with Crippen LogP contribution in [0.3, 0.4) is 0 Å². The van der Waals surface area contributed by atoms with E-state index >= 15 is 0 Å². The number of hydrogen-bond donors (Lipinski definition) is 0. The molecular formula is C21H18ClF2N5O2. The Kier molecular flexibility index (Phi) is 5.45. The lowest BCUT2D eigenvalue weighted by Crippen LogP contribution is -2.16. The Bertz CT molecular complexity index is 1280. The maximum Gasteiger partial charge on any atom is 0.359 e. The molecule has 3 heterocycles. The minimum absolute atomic E-state index is 0.0737. The summed E-state index contributed by atoms with van der Waals surface area (Å²) in [6.45, 7) is 2.31. The molecule has 0 N–H and O–H groups in total. The third-order valence-corrected chi connectivity index (χ3v) is 5.02. The smallest absolute Gasteiger partial charge is 0.359 e. The van der Waals surface area contributed by atoms with Crippen molar-refractivity contribution in [3.63, 3.8) is 0 Å². The number of imidazole rings is 1. The molecule has 0 saturated heterocycles. The molecule has 4 aromatic rings. The van der Waals surface area contributed by atoms with Crippen molar-refractivity contribution in [1.82, 2.24) is 24.3 Å². The lowest BCUT2D eigenvalue weighted by atomic mass is 10.3. The summed E-state index contributed by atoms with van der Waals surface area (Å²) in [5, 5.41) is 4.41. The van der Waals surface area contributed by atoms with Gasteiger partial charge in [0.25, 0.3) is 0 Å². The van der Waals surface area contributed by atoms with E-state index in [1.165, 1.54) is 19.1 Å². The molecule has 31 heavy (non-hydrogen) atoms. The zero-order valence-corrected chi connectivity index (χ0v) is 17.6. The summed E-state index contributed by atoms with van der Waals surface area (Å²) in [6, 6.07) is 11.5. The Balaban J connectivity index is 1.66. The number of para-hydroxylation sites is 2. The third kappa shape index (κ3) is 3.88. The number of rotatable bonds is 5. The summed E-state index contributed by atoms with van der Waals surface area (Å²) in [6.07, 6.45) is -1.07. The molecule has 4 rings (SSSR count). The van der Waals surface area contributed by atoms with E-state index in [0.29, 0.717) is 11.3 Å². The van der Waals surface area contributed by atoms with Gasteiger partial charge in [0.1, 0.15) is 0 Å². The molecule has 160 valence electrons. The van der Waals surface area contributed by atoms with Gasteiger partial charge >= 0.3 is 12.5 Å². The molecule has 0 bridgehead atoms. The molecule has 1 atom stereocenters. The Morgan fingerprint density at radius 3 is 2.55 bits per heavy atom. The van der Waals surface area contributed by atoms with Gasteiger partial charge < -0.3 is 4.74 Å². The van der Waals surface area contributed by atoms with Gasteiger partial charge in [0.05, 0.1) is 21.7 Å². The number of aryl methyl sites for hydroxylation is 2. The van der Waals surface area contributed by atoms with E-state index in [-0.39, 0.29) is 22.1 Å². The molecule has 0 aliphatic rings. The first kappa shape index (κ1) is 20.9. The average molecular weight is 446 g/mol. The van der Waals surface area contributed by atoms with Crippen LogP contribution in [-0.4, -0.2) is 30.3 Å². The van der Waals surface area contributed by atoms with E-state index in [9.17, 15) is 13.6 Å². The standard InChI is InChI=1S/C21H18ClF2N5O2/c1-11-10-12(2)29(27-11)17-9-8-14(22)18(26-17)20(30)31-13(3)19-25-15-6-4-5-7-16(15)28(19)21(23)24/h4-10,13,21H,1-3H3. The number of nitrogens with zero attached hydrogens (tertiary/aromatic N) is 5. The largest absolute Gasteiger partial charge is 0.450 e. The number of fused-ring (bicyclic) bond motifs is 1. The maximum absolute atomic E-state index is 13.7. The van der Waals surface area contributed by atoms with Crippen LogP contribution in [0.1, 0.15) is 47.3 Å². The molecule has 0 radical (unpaired) electrons. The Morgan fingerprint density at radius 2 is 1.87 bits per heavy atom. The van der Waals surface area contributed by atoms with Crippen LogP contribution >= 0.6 is 11.6 Å². The summed E-state index contributed by atoms with van der Waals surface area (Å²) in [7, 11) is 0. The van der Waals surface area contributed by atoms with Gasteiger partial charge in [-0.25, -0.2) is 19.4 Å². The second kappa shape index (κ2) is 8.07. The fourth-order valence-electron chi connectivity index (χ4n) is 3.38. The van der Waals surface area contributed by atoms with Crippen LogP contribution in [0.25, 0.3) is 16.9 Å². The second-order valence-corrected chi connectivity index (χ2v) is 7.40. The molecule has 10 heteroatoms. The van der Waals surface area contributed by atoms with Gasteiger partial charge in [-0.1, -0.05) is 23.7 Å². The number of hydrogen-bond acceptors (Lipinski definition) is 5. The summed E-state index contributed by atoms with van der Waals surface area (Å²) < 4.78 is 35.1. The van der Waals surface area contributed by atoms with E-state index in [1.807, 2.05) is 19.9 Å². The number of carbonyl (C=O) groups is 1. The quantitative estimate of drug-likeness (QED) is 0.395. The van der Waals surface area contributed by atoms with Crippen LogP contribution in [-0.2, 0) is 4.74 Å². The molecule has 0 aliphatic carbocycles. The lowest BCUT2D eigenvalue weighted by Gasteiger charge is -2.15. The number of ether oxygens (including phenoxy) is 1. The molecule has 3 aromatic heterocycles. The van der Waals surface area contributed by atoms with Crippen LogP contribution in [0, 0.1) is 13.8 Å². The van der Waals surface area contributed by atoms with E-state index in [1.54, 1.807) is 28.9 Å². The monoisotopic (exact) mass is 445 g/mol. The predicted molar refractivity (Wildman–Crippen MR) is 111 cm³/mol. The van der Waals surface area contributed by atoms with E-state index < -0.39 is 18.6 Å². The van der Waals surface area contributed by atoms with E-state index in [4.69, 9.17) is 16.3 Å². The second-order valence-electron chi connectivity index (χ2n) is 6.99. The highest BCUT2D eigenvalue weighted by Crippen LogP contribution is 2.29. The van der Waals surface area contributed by atoms with Crippen LogP contribution in [0.4, 0.5) is 8.78 Å². The van der Waals surface area contributed by atoms with Crippen molar-refractivity contribution in [2.24, 2.45) is 0 Å². The number of esters is 1. The van der Waals surface area contributed by atoms with E-state index in [2.05, 4.69) is 15.1 Å². The highest BCUT2D eigenvalue weighted by Gasteiger charge is 2.26. The number of halogens is 3. The molecule has 0 saturated carbocycles. The Morgan fingerprint density at radius 1 is 1.13 bits per heavy atom. The van der Waals surface area contributed by atoms with Gasteiger partial charge in [0, 0.05) is 5.69 Å². The van der Waals surface area contributed by atoms with Gasteiger partial charge in [0.15, 0.2) is 23.4 Å². The summed E-state index contributed by atoms with van der Waals surface area (Å²) in [4.78, 5) is 21.3. The zero-order valence-electron chi connectivity index (χ0n) is 16.9. The molecule has 7 nitrogen and oxygen atoms in total.